The van der Waals surface area contributed by atoms with Crippen LogP contribution < -0.4 is 9.47 Å². The summed E-state index contributed by atoms with van der Waals surface area (Å²) in [4.78, 5) is 30.5. The van der Waals surface area contributed by atoms with Crippen LogP contribution in [0.2, 0.25) is 0 Å². The Balaban J connectivity index is 1.69. The van der Waals surface area contributed by atoms with E-state index in [9.17, 15) is 14.7 Å². The third-order valence-corrected chi connectivity index (χ3v) is 6.53. The number of Topliss-reactive ketones (excluding diaryl/α,β-unsaturated/α-hetero) is 1. The molecule has 8 nitrogen and oxygen atoms in total. The van der Waals surface area contributed by atoms with Gasteiger partial charge in [-0.2, -0.15) is 0 Å². The number of para-hydroxylation sites is 1. The highest BCUT2D eigenvalue weighted by Crippen LogP contribution is 2.42. The van der Waals surface area contributed by atoms with Crippen molar-refractivity contribution >= 4 is 17.4 Å². The number of amides is 1. The zero-order valence-electron chi connectivity index (χ0n) is 21.8. The lowest BCUT2D eigenvalue weighted by atomic mass is 9.94. The summed E-state index contributed by atoms with van der Waals surface area (Å²) < 4.78 is 17.0. The summed E-state index contributed by atoms with van der Waals surface area (Å²) in [6.07, 6.45) is 0.707. The summed E-state index contributed by atoms with van der Waals surface area (Å²) in [7, 11) is 0. The first-order valence-electron chi connectivity index (χ1n) is 13.0. The molecule has 2 fully saturated rings. The van der Waals surface area contributed by atoms with Crippen LogP contribution in [0.5, 0.6) is 11.5 Å². The number of rotatable bonds is 10. The lowest BCUT2D eigenvalue weighted by Gasteiger charge is -2.29. The molecule has 198 valence electrons. The fourth-order valence-corrected chi connectivity index (χ4v) is 4.84. The Bertz CT molecular complexity index is 1120. The van der Waals surface area contributed by atoms with E-state index in [0.717, 1.165) is 19.6 Å². The van der Waals surface area contributed by atoms with E-state index >= 15 is 0 Å². The van der Waals surface area contributed by atoms with Gasteiger partial charge < -0.3 is 24.2 Å². The Kier molecular flexibility index (Phi) is 8.84. The van der Waals surface area contributed by atoms with Crippen molar-refractivity contribution in [2.75, 3.05) is 46.0 Å². The molecule has 2 aliphatic heterocycles. The highest BCUT2D eigenvalue weighted by Gasteiger charge is 2.46. The van der Waals surface area contributed by atoms with Gasteiger partial charge >= 0.3 is 0 Å². The number of nitrogens with zero attached hydrogens (tertiary/aromatic N) is 2. The maximum absolute atomic E-state index is 13.4. The fourth-order valence-electron chi connectivity index (χ4n) is 4.84. The second-order valence-electron chi connectivity index (χ2n) is 9.46. The van der Waals surface area contributed by atoms with Crippen LogP contribution in [0.15, 0.2) is 54.1 Å². The maximum Gasteiger partial charge on any atom is 0.295 e. The van der Waals surface area contributed by atoms with Crippen LogP contribution in [0.3, 0.4) is 0 Å². The number of hydrogen-bond acceptors (Lipinski definition) is 7. The van der Waals surface area contributed by atoms with E-state index in [4.69, 9.17) is 14.2 Å². The molecule has 2 aliphatic rings. The van der Waals surface area contributed by atoms with Crippen LogP contribution in [0.1, 0.15) is 44.4 Å². The van der Waals surface area contributed by atoms with E-state index in [1.165, 1.54) is 0 Å². The molecule has 1 atom stereocenters. The Hall–Kier alpha value is -3.36. The number of carbonyl (C=O) groups is 2. The average Bonchev–Trinajstić information content (AvgIpc) is 3.14. The van der Waals surface area contributed by atoms with E-state index < -0.39 is 17.7 Å². The van der Waals surface area contributed by atoms with Crippen LogP contribution in [-0.4, -0.2) is 78.7 Å². The minimum absolute atomic E-state index is 0.0114. The maximum atomic E-state index is 13.4. The van der Waals surface area contributed by atoms with Crippen molar-refractivity contribution in [3.63, 3.8) is 0 Å². The van der Waals surface area contributed by atoms with Gasteiger partial charge in [-0.25, -0.2) is 0 Å². The molecule has 2 aromatic rings. The molecule has 2 aromatic carbocycles. The minimum atomic E-state index is -0.751. The predicted octanol–water partition coefficient (Wildman–Crippen LogP) is 4.02. The lowest BCUT2D eigenvalue weighted by Crippen LogP contribution is -2.39. The Morgan fingerprint density at radius 3 is 2.43 bits per heavy atom. The summed E-state index contributed by atoms with van der Waals surface area (Å²) in [5, 5.41) is 11.4. The third kappa shape index (κ3) is 6.14. The van der Waals surface area contributed by atoms with Crippen molar-refractivity contribution in [2.24, 2.45) is 0 Å². The molecule has 1 N–H and O–H groups in total. The van der Waals surface area contributed by atoms with Crippen molar-refractivity contribution in [2.45, 2.75) is 39.3 Å². The fraction of sp³-hybridized carbons (Fsp3) is 0.448. The second kappa shape index (κ2) is 12.3. The van der Waals surface area contributed by atoms with Crippen LogP contribution >= 0.6 is 0 Å². The van der Waals surface area contributed by atoms with Crippen LogP contribution in [0, 0.1) is 0 Å². The number of morpholine rings is 1. The van der Waals surface area contributed by atoms with Crippen LogP contribution in [0.4, 0.5) is 0 Å². The van der Waals surface area contributed by atoms with Crippen molar-refractivity contribution < 1.29 is 28.9 Å². The summed E-state index contributed by atoms with van der Waals surface area (Å²) >= 11 is 0. The number of carbonyl (C=O) groups excluding carboxylic acids is 2. The van der Waals surface area contributed by atoms with Gasteiger partial charge in [0, 0.05) is 37.3 Å². The largest absolute Gasteiger partial charge is 0.507 e. The molecule has 0 radical (unpaired) electrons. The summed E-state index contributed by atoms with van der Waals surface area (Å²) in [6, 6.07) is 13.5. The number of hydrogen-bond donors (Lipinski definition) is 1. The number of ketones is 1. The van der Waals surface area contributed by atoms with Crippen molar-refractivity contribution in [3.8, 4) is 11.5 Å². The number of aliphatic hydroxyl groups is 1. The van der Waals surface area contributed by atoms with Gasteiger partial charge in [0.2, 0.25) is 0 Å². The number of likely N-dealkylation sites (tertiary alicyclic amines) is 1. The zero-order valence-corrected chi connectivity index (χ0v) is 21.8. The number of benzene rings is 2. The highest BCUT2D eigenvalue weighted by molar-refractivity contribution is 6.46. The molecule has 0 bridgehead atoms. The normalized spacial score (nSPS) is 20.0. The molecule has 0 spiro atoms. The molecular weight excluding hydrogens is 472 g/mol. The van der Waals surface area contributed by atoms with Gasteiger partial charge in [-0.05, 0) is 57.5 Å². The molecule has 0 aromatic heterocycles. The molecular formula is C29H36N2O6. The average molecular weight is 509 g/mol. The lowest BCUT2D eigenvalue weighted by molar-refractivity contribution is -0.140. The Morgan fingerprint density at radius 2 is 1.76 bits per heavy atom. The van der Waals surface area contributed by atoms with Gasteiger partial charge in [0.05, 0.1) is 37.5 Å². The van der Waals surface area contributed by atoms with Crippen molar-refractivity contribution in [1.82, 2.24) is 9.80 Å². The number of aliphatic hydroxyl groups excluding tert-OH is 1. The van der Waals surface area contributed by atoms with E-state index in [-0.39, 0.29) is 17.4 Å². The monoisotopic (exact) mass is 508 g/mol. The van der Waals surface area contributed by atoms with Gasteiger partial charge in [-0.1, -0.05) is 18.2 Å². The Labute approximate surface area is 218 Å². The molecule has 1 amide bonds. The number of ether oxygens (including phenoxy) is 3. The van der Waals surface area contributed by atoms with Crippen molar-refractivity contribution in [3.05, 3.63) is 65.2 Å². The highest BCUT2D eigenvalue weighted by atomic mass is 16.5. The zero-order chi connectivity index (χ0) is 26.4. The van der Waals surface area contributed by atoms with Crippen molar-refractivity contribution in [1.29, 1.82) is 0 Å². The van der Waals surface area contributed by atoms with Gasteiger partial charge in [-0.15, -0.1) is 0 Å². The summed E-state index contributed by atoms with van der Waals surface area (Å²) in [5.41, 5.74) is 1.19. The quantitative estimate of drug-likeness (QED) is 0.295. The molecule has 4 rings (SSSR count). The standard InChI is InChI=1S/C29H36N2O6/c1-4-36-24-9-6-5-8-23(24)26-25(27(32)21-10-12-22(13-11-21)37-20(2)3)28(33)29(34)31(26)15-7-14-30-16-18-35-19-17-30/h5-6,8-13,20,26,32H,4,7,14-19H2,1-3H3/t26-/m0/s1. The van der Waals surface area contributed by atoms with Crippen LogP contribution in [0.25, 0.3) is 5.76 Å². The molecule has 0 unspecified atom stereocenters. The predicted molar refractivity (Wildman–Crippen MR) is 141 cm³/mol. The first-order chi connectivity index (χ1) is 17.9. The summed E-state index contributed by atoms with van der Waals surface area (Å²) in [5.74, 6) is -0.265. The van der Waals surface area contributed by atoms with E-state index in [1.54, 1.807) is 29.2 Å². The minimum Gasteiger partial charge on any atom is -0.507 e. The van der Waals surface area contributed by atoms with E-state index in [0.29, 0.717) is 55.4 Å². The molecule has 8 heteroatoms. The van der Waals surface area contributed by atoms with Crippen LogP contribution in [-0.2, 0) is 14.3 Å². The third-order valence-electron chi connectivity index (χ3n) is 6.53. The van der Waals surface area contributed by atoms with Gasteiger partial charge in [-0.3, -0.25) is 14.5 Å². The molecule has 2 saturated heterocycles. The topological polar surface area (TPSA) is 88.5 Å². The smallest absolute Gasteiger partial charge is 0.295 e. The summed E-state index contributed by atoms with van der Waals surface area (Å²) in [6.45, 7) is 10.5. The SMILES string of the molecule is CCOc1ccccc1[C@H]1C(=C(O)c2ccc(OC(C)C)cc2)C(=O)C(=O)N1CCCN1CCOCC1. The Morgan fingerprint density at radius 1 is 1.05 bits per heavy atom. The van der Waals surface area contributed by atoms with E-state index in [1.807, 2.05) is 45.0 Å². The first-order valence-corrected chi connectivity index (χ1v) is 13.0. The second-order valence-corrected chi connectivity index (χ2v) is 9.46. The van der Waals surface area contributed by atoms with Gasteiger partial charge in [0.15, 0.2) is 0 Å². The van der Waals surface area contributed by atoms with Gasteiger partial charge in [0.1, 0.15) is 17.3 Å². The molecule has 37 heavy (non-hydrogen) atoms. The molecule has 0 saturated carbocycles. The van der Waals surface area contributed by atoms with E-state index in [2.05, 4.69) is 4.90 Å². The van der Waals surface area contributed by atoms with Gasteiger partial charge in [0.25, 0.3) is 11.7 Å². The molecule has 2 heterocycles. The molecule has 0 aliphatic carbocycles. The first kappa shape index (κ1) is 26.7.